The quantitative estimate of drug-likeness (QED) is 0.642. The Kier molecular flexibility index (Phi) is 4.92. The molecule has 0 aromatic heterocycles. The second kappa shape index (κ2) is 5.54. The maximum absolute atomic E-state index is 10.6. The van der Waals surface area contributed by atoms with Gasteiger partial charge in [-0.2, -0.15) is 0 Å². The van der Waals surface area contributed by atoms with Gasteiger partial charge < -0.3 is 0 Å². The molecule has 0 unspecified atom stereocenters. The summed E-state index contributed by atoms with van der Waals surface area (Å²) in [5.41, 5.74) is 7.89. The van der Waals surface area contributed by atoms with Crippen LogP contribution >= 0.6 is 7.28 Å². The van der Waals surface area contributed by atoms with Gasteiger partial charge in [-0.1, -0.05) is 0 Å². The predicted molar refractivity (Wildman–Crippen MR) is 95.5 cm³/mol. The Balaban J connectivity index is 3.92. The van der Waals surface area contributed by atoms with Gasteiger partial charge in [-0.05, 0) is 0 Å². The van der Waals surface area contributed by atoms with E-state index >= 15 is 0 Å². The van der Waals surface area contributed by atoms with Crippen LogP contribution in [0.3, 0.4) is 0 Å². The normalized spacial score (nSPS) is 15.5. The molecule has 128 valence electrons. The van der Waals surface area contributed by atoms with E-state index in [1.165, 1.54) is 0 Å². The fourth-order valence-electron chi connectivity index (χ4n) is 2.55. The molecule has 5 N–H and O–H groups in total. The zero-order valence-corrected chi connectivity index (χ0v) is 15.8. The first-order chi connectivity index (χ1) is 9.62. The third kappa shape index (κ3) is 3.87. The topological polar surface area (TPSA) is 86.7 Å². The molecule has 0 saturated carbocycles. The van der Waals surface area contributed by atoms with Gasteiger partial charge >= 0.3 is 134 Å². The number of nitrogens with two attached hydrogens (primary N) is 1. The van der Waals surface area contributed by atoms with Crippen LogP contribution in [-0.2, 0) is 17.4 Å². The fraction of sp³-hybridized carbons (Fsp3) is 0.647. The molecule has 0 fully saturated rings. The van der Waals surface area contributed by atoms with Gasteiger partial charge in [0.15, 0.2) is 0 Å². The van der Waals surface area contributed by atoms with Crippen molar-refractivity contribution in [2.75, 3.05) is 6.16 Å². The minimum atomic E-state index is -4.92. The van der Waals surface area contributed by atoms with Crippen molar-refractivity contribution in [1.29, 1.82) is 0 Å². The number of rotatable bonds is 3. The first-order valence-corrected chi connectivity index (χ1v) is 10.0. The fourth-order valence-corrected chi connectivity index (χ4v) is 4.51. The molecule has 0 amide bonds. The third-order valence-electron chi connectivity index (χ3n) is 4.12. The molecule has 0 radical (unpaired) electrons. The molecule has 0 heterocycles. The molecule has 22 heavy (non-hydrogen) atoms. The Morgan fingerprint density at radius 2 is 1.45 bits per heavy atom. The molecule has 0 atom stereocenters. The van der Waals surface area contributed by atoms with Gasteiger partial charge in [-0.3, -0.25) is 0 Å². The summed E-state index contributed by atoms with van der Waals surface area (Å²) in [7, 11) is -4.92. The summed E-state index contributed by atoms with van der Waals surface area (Å²) in [6.45, 7) is 14.0. The van der Waals surface area contributed by atoms with E-state index in [1.54, 1.807) is 6.92 Å². The average molecular weight is 329 g/mol. The van der Waals surface area contributed by atoms with E-state index < -0.39 is 7.28 Å². The minimum absolute atomic E-state index is 0.0918. The van der Waals surface area contributed by atoms with Crippen LogP contribution in [0, 0.1) is 0 Å². The predicted octanol–water partition coefficient (Wildman–Crippen LogP) is 2.66. The maximum atomic E-state index is 10.6. The summed E-state index contributed by atoms with van der Waals surface area (Å²) in [5.74, 6) is 0. The van der Waals surface area contributed by atoms with E-state index in [2.05, 4.69) is 20.8 Å². The summed E-state index contributed by atoms with van der Waals surface area (Å²) in [6, 6.07) is 3.87. The summed E-state index contributed by atoms with van der Waals surface area (Å²) < 4.78 is 0. The number of hydrogen-bond donors (Lipinski definition) is 4. The van der Waals surface area contributed by atoms with Crippen molar-refractivity contribution in [1.82, 2.24) is 0 Å². The summed E-state index contributed by atoms with van der Waals surface area (Å²) >= 11 is 0. The van der Waals surface area contributed by atoms with E-state index in [0.29, 0.717) is 5.56 Å². The summed E-state index contributed by atoms with van der Waals surface area (Å²) in [5, 5.41) is 0.247. The van der Waals surface area contributed by atoms with E-state index in [1.807, 2.05) is 32.9 Å². The van der Waals surface area contributed by atoms with Crippen molar-refractivity contribution >= 4 is 12.6 Å². The van der Waals surface area contributed by atoms with Crippen LogP contribution in [0.1, 0.15) is 65.2 Å². The Hall–Kier alpha value is -0.510. The van der Waals surface area contributed by atoms with Gasteiger partial charge in [0.1, 0.15) is 0 Å². The van der Waals surface area contributed by atoms with Crippen LogP contribution in [0.4, 0.5) is 0 Å². The molecule has 0 bridgehead atoms. The number of benzene rings is 1. The Morgan fingerprint density at radius 3 is 1.77 bits per heavy atom. The van der Waals surface area contributed by atoms with Crippen LogP contribution in [0.25, 0.3) is 0 Å². The molecule has 1 aromatic rings. The van der Waals surface area contributed by atoms with E-state index in [9.17, 15) is 14.7 Å². The van der Waals surface area contributed by atoms with Crippen LogP contribution in [0.2, 0.25) is 0 Å². The van der Waals surface area contributed by atoms with E-state index in [0.717, 1.165) is 11.1 Å². The van der Waals surface area contributed by atoms with Crippen molar-refractivity contribution in [3.8, 4) is 0 Å². The summed E-state index contributed by atoms with van der Waals surface area (Å²) in [6.07, 6.45) is -0.115. The molecular weight excluding hydrogens is 297 g/mol. The van der Waals surface area contributed by atoms with Gasteiger partial charge in [-0.25, -0.2) is 0 Å². The van der Waals surface area contributed by atoms with Crippen molar-refractivity contribution < 1.29 is 14.7 Å². The van der Waals surface area contributed by atoms with Crippen molar-refractivity contribution in [2.45, 2.75) is 65.8 Å². The van der Waals surface area contributed by atoms with E-state index in [4.69, 9.17) is 5.73 Å². The van der Waals surface area contributed by atoms with Gasteiger partial charge in [-0.15, -0.1) is 0 Å². The molecule has 5 heteroatoms. The third-order valence-corrected chi connectivity index (χ3v) is 6.73. The number of hydrogen-bond acceptors (Lipinski definition) is 4. The average Bonchev–Trinajstić information content (AvgIpc) is 2.34. The van der Waals surface area contributed by atoms with Crippen LogP contribution in [0.15, 0.2) is 12.1 Å². The van der Waals surface area contributed by atoms with Gasteiger partial charge in [0.2, 0.25) is 0 Å². The second-order valence-corrected chi connectivity index (χ2v) is 11.6. The van der Waals surface area contributed by atoms with Crippen LogP contribution in [-0.4, -0.2) is 20.8 Å². The molecule has 0 aliphatic rings. The molecule has 1 rings (SSSR count). The van der Waals surface area contributed by atoms with Crippen LogP contribution in [0.5, 0.6) is 0 Å². The first kappa shape index (κ1) is 19.5. The zero-order valence-electron chi connectivity index (χ0n) is 14.9. The second-order valence-electron chi connectivity index (χ2n) is 8.20. The standard InChI is InChI=1S/C17H32NO3P/c1-8-22(19,20,21)15-12(11-18)9-13(16(2,3)4)10-14(15)17(5,6)7/h9-10,19-21H,8,11,18H2,1-7H3. The zero-order chi connectivity index (χ0) is 17.6. The summed E-state index contributed by atoms with van der Waals surface area (Å²) in [4.78, 5) is 31.8. The van der Waals surface area contributed by atoms with Crippen molar-refractivity contribution in [3.05, 3.63) is 28.8 Å². The van der Waals surface area contributed by atoms with E-state index in [-0.39, 0.29) is 28.8 Å². The Labute approximate surface area is 134 Å². The molecule has 0 spiro atoms. The first-order valence-electron chi connectivity index (χ1n) is 7.76. The van der Waals surface area contributed by atoms with Crippen molar-refractivity contribution in [3.63, 3.8) is 0 Å². The van der Waals surface area contributed by atoms with Crippen LogP contribution < -0.4 is 11.0 Å². The van der Waals surface area contributed by atoms with Gasteiger partial charge in [0, 0.05) is 0 Å². The Morgan fingerprint density at radius 1 is 0.955 bits per heavy atom. The van der Waals surface area contributed by atoms with Crippen molar-refractivity contribution in [2.24, 2.45) is 5.73 Å². The van der Waals surface area contributed by atoms with Gasteiger partial charge in [0.05, 0.1) is 0 Å². The molecule has 1 aromatic carbocycles. The molecule has 0 aliphatic carbocycles. The Bertz CT molecular complexity index is 560. The molecule has 0 aliphatic heterocycles. The molecule has 4 nitrogen and oxygen atoms in total. The van der Waals surface area contributed by atoms with Gasteiger partial charge in [0.25, 0.3) is 0 Å². The SMILES string of the molecule is CCP(O)(O)(O)c1c(CN)cc(C(C)(C)C)cc1C(C)(C)C. The molecular formula is C17H32NO3P. The monoisotopic (exact) mass is 329 g/mol. The molecule has 0 saturated heterocycles.